The van der Waals surface area contributed by atoms with Crippen LogP contribution in [0.3, 0.4) is 0 Å². The van der Waals surface area contributed by atoms with Crippen LogP contribution in [0.2, 0.25) is 0 Å². The highest BCUT2D eigenvalue weighted by Crippen LogP contribution is 2.38. The predicted octanol–water partition coefficient (Wildman–Crippen LogP) is 4.94. The third-order valence-electron chi connectivity index (χ3n) is 5.97. The minimum Gasteiger partial charge on any atom is -0.478 e. The minimum atomic E-state index is -1.02. The standard InChI is InChI=1S/C27H23N3O3/c28-18-21(25(31)30-27(14-4-5-15-27)22-10-2-1-3-11-22)17-23-12-7-13-24(29-23)19-8-6-9-20(16-19)26(32)33/h1-3,6-13,16-17H,4-5,14-15H2,(H,30,31)(H,32,33). The monoisotopic (exact) mass is 437 g/mol. The number of carbonyl (C=O) groups excluding carboxylic acids is 1. The first-order chi connectivity index (χ1) is 16.0. The van der Waals surface area contributed by atoms with Crippen molar-refractivity contribution in [1.29, 1.82) is 5.26 Å². The summed E-state index contributed by atoms with van der Waals surface area (Å²) >= 11 is 0. The van der Waals surface area contributed by atoms with Crippen molar-refractivity contribution >= 4 is 18.0 Å². The number of benzene rings is 2. The Morgan fingerprint density at radius 1 is 1.00 bits per heavy atom. The number of rotatable bonds is 6. The number of amides is 1. The Labute approximate surface area is 192 Å². The lowest BCUT2D eigenvalue weighted by atomic mass is 9.88. The van der Waals surface area contributed by atoms with Crippen molar-refractivity contribution in [1.82, 2.24) is 10.3 Å². The van der Waals surface area contributed by atoms with E-state index in [1.165, 1.54) is 12.1 Å². The topological polar surface area (TPSA) is 103 Å². The van der Waals surface area contributed by atoms with E-state index < -0.39 is 17.4 Å². The number of aromatic carboxylic acids is 1. The maximum atomic E-state index is 13.1. The number of nitrogens with zero attached hydrogens (tertiary/aromatic N) is 2. The summed E-state index contributed by atoms with van der Waals surface area (Å²) in [7, 11) is 0. The number of nitrogens with one attached hydrogen (secondary N) is 1. The fourth-order valence-corrected chi connectivity index (χ4v) is 4.31. The van der Waals surface area contributed by atoms with Crippen molar-refractivity contribution in [3.63, 3.8) is 0 Å². The van der Waals surface area contributed by atoms with Gasteiger partial charge in [-0.1, -0.05) is 61.4 Å². The lowest BCUT2D eigenvalue weighted by molar-refractivity contribution is -0.119. The molecular weight excluding hydrogens is 414 g/mol. The summed E-state index contributed by atoms with van der Waals surface area (Å²) < 4.78 is 0. The highest BCUT2D eigenvalue weighted by molar-refractivity contribution is 6.02. The Kier molecular flexibility index (Phi) is 6.32. The molecule has 1 saturated carbocycles. The fourth-order valence-electron chi connectivity index (χ4n) is 4.31. The molecule has 0 atom stereocenters. The van der Waals surface area contributed by atoms with Gasteiger partial charge in [-0.2, -0.15) is 5.26 Å². The smallest absolute Gasteiger partial charge is 0.335 e. The van der Waals surface area contributed by atoms with Gasteiger partial charge >= 0.3 is 5.97 Å². The molecule has 1 aliphatic carbocycles. The second-order valence-corrected chi connectivity index (χ2v) is 8.11. The van der Waals surface area contributed by atoms with E-state index in [-0.39, 0.29) is 11.1 Å². The van der Waals surface area contributed by atoms with Gasteiger partial charge in [-0.05, 0) is 48.7 Å². The van der Waals surface area contributed by atoms with Gasteiger partial charge in [0.15, 0.2) is 0 Å². The number of hydrogen-bond acceptors (Lipinski definition) is 4. The number of hydrogen-bond donors (Lipinski definition) is 2. The molecule has 6 nitrogen and oxygen atoms in total. The Morgan fingerprint density at radius 3 is 2.42 bits per heavy atom. The van der Waals surface area contributed by atoms with Crippen molar-refractivity contribution in [2.45, 2.75) is 31.2 Å². The van der Waals surface area contributed by atoms with Gasteiger partial charge in [0, 0.05) is 5.56 Å². The second kappa shape index (κ2) is 9.49. The molecule has 0 saturated heterocycles. The summed E-state index contributed by atoms with van der Waals surface area (Å²) in [5, 5.41) is 22.1. The van der Waals surface area contributed by atoms with Crippen LogP contribution in [0.4, 0.5) is 0 Å². The van der Waals surface area contributed by atoms with E-state index in [4.69, 9.17) is 0 Å². The van der Waals surface area contributed by atoms with Gasteiger partial charge in [-0.25, -0.2) is 9.78 Å². The average molecular weight is 437 g/mol. The molecule has 0 radical (unpaired) electrons. The van der Waals surface area contributed by atoms with Crippen LogP contribution in [0.25, 0.3) is 17.3 Å². The first-order valence-corrected chi connectivity index (χ1v) is 10.8. The first-order valence-electron chi connectivity index (χ1n) is 10.8. The van der Waals surface area contributed by atoms with Crippen molar-refractivity contribution in [3.05, 3.63) is 95.2 Å². The SMILES string of the molecule is N#CC(=Cc1cccc(-c2cccc(C(=O)O)c2)n1)C(=O)NC1(c2ccccc2)CCCC1. The number of carboxylic acids is 1. The summed E-state index contributed by atoms with van der Waals surface area (Å²) in [6.07, 6.45) is 5.15. The molecule has 4 rings (SSSR count). The van der Waals surface area contributed by atoms with Crippen LogP contribution in [0.15, 0.2) is 78.4 Å². The zero-order valence-electron chi connectivity index (χ0n) is 18.0. The largest absolute Gasteiger partial charge is 0.478 e. The molecule has 2 N–H and O–H groups in total. The van der Waals surface area contributed by atoms with Gasteiger partial charge < -0.3 is 10.4 Å². The maximum absolute atomic E-state index is 13.1. The van der Waals surface area contributed by atoms with Gasteiger partial charge in [0.1, 0.15) is 11.6 Å². The predicted molar refractivity (Wildman–Crippen MR) is 125 cm³/mol. The Morgan fingerprint density at radius 2 is 1.73 bits per heavy atom. The van der Waals surface area contributed by atoms with Crippen LogP contribution in [-0.4, -0.2) is 22.0 Å². The third-order valence-corrected chi connectivity index (χ3v) is 5.97. The molecule has 3 aromatic rings. The molecule has 0 spiro atoms. The number of pyridine rings is 1. The lowest BCUT2D eigenvalue weighted by Crippen LogP contribution is -2.44. The molecule has 1 fully saturated rings. The number of aromatic nitrogens is 1. The van der Waals surface area contributed by atoms with E-state index in [0.717, 1.165) is 31.2 Å². The quantitative estimate of drug-likeness (QED) is 0.420. The van der Waals surface area contributed by atoms with E-state index in [2.05, 4.69) is 10.3 Å². The van der Waals surface area contributed by atoms with Crippen LogP contribution >= 0.6 is 0 Å². The molecule has 33 heavy (non-hydrogen) atoms. The first kappa shape index (κ1) is 22.0. The van der Waals surface area contributed by atoms with Gasteiger partial charge in [0.25, 0.3) is 5.91 Å². The van der Waals surface area contributed by atoms with Gasteiger partial charge in [-0.3, -0.25) is 4.79 Å². The van der Waals surface area contributed by atoms with E-state index in [1.54, 1.807) is 36.4 Å². The van der Waals surface area contributed by atoms with E-state index in [9.17, 15) is 20.0 Å². The van der Waals surface area contributed by atoms with E-state index >= 15 is 0 Å². The second-order valence-electron chi connectivity index (χ2n) is 8.11. The van der Waals surface area contributed by atoms with Crippen LogP contribution < -0.4 is 5.32 Å². The summed E-state index contributed by atoms with van der Waals surface area (Å²) in [6, 6.07) is 23.6. The van der Waals surface area contributed by atoms with Crippen molar-refractivity contribution in [2.75, 3.05) is 0 Å². The van der Waals surface area contributed by atoms with Gasteiger partial charge in [0.05, 0.1) is 22.5 Å². The molecule has 1 amide bonds. The average Bonchev–Trinajstić information content (AvgIpc) is 3.33. The third kappa shape index (κ3) is 4.83. The Bertz CT molecular complexity index is 1250. The fraction of sp³-hybridized carbons (Fsp3) is 0.185. The number of nitriles is 1. The minimum absolute atomic E-state index is 0.0267. The molecule has 2 aromatic carbocycles. The molecule has 164 valence electrons. The van der Waals surface area contributed by atoms with Crippen LogP contribution in [-0.2, 0) is 10.3 Å². The van der Waals surface area contributed by atoms with Crippen LogP contribution in [0.1, 0.15) is 47.3 Å². The lowest BCUT2D eigenvalue weighted by Gasteiger charge is -2.31. The summed E-state index contributed by atoms with van der Waals surface area (Å²) in [6.45, 7) is 0. The van der Waals surface area contributed by atoms with E-state index in [1.807, 2.05) is 36.4 Å². The molecule has 1 heterocycles. The van der Waals surface area contributed by atoms with Crippen molar-refractivity contribution in [2.24, 2.45) is 0 Å². The number of carboxylic acid groups (broad SMARTS) is 1. The highest BCUT2D eigenvalue weighted by Gasteiger charge is 2.37. The normalized spacial score (nSPS) is 14.9. The molecule has 1 aromatic heterocycles. The number of carbonyl (C=O) groups is 2. The Hall–Kier alpha value is -4.24. The summed E-state index contributed by atoms with van der Waals surface area (Å²) in [4.78, 5) is 28.9. The zero-order chi connectivity index (χ0) is 23.3. The van der Waals surface area contributed by atoms with Crippen molar-refractivity contribution < 1.29 is 14.7 Å². The van der Waals surface area contributed by atoms with Gasteiger partial charge in [-0.15, -0.1) is 0 Å². The zero-order valence-corrected chi connectivity index (χ0v) is 18.0. The van der Waals surface area contributed by atoms with Crippen LogP contribution in [0.5, 0.6) is 0 Å². The van der Waals surface area contributed by atoms with Crippen LogP contribution in [0, 0.1) is 11.3 Å². The van der Waals surface area contributed by atoms with E-state index in [0.29, 0.717) is 17.0 Å². The van der Waals surface area contributed by atoms with Crippen molar-refractivity contribution in [3.8, 4) is 17.3 Å². The Balaban J connectivity index is 1.61. The molecule has 0 unspecified atom stereocenters. The summed E-state index contributed by atoms with van der Waals surface area (Å²) in [5.74, 6) is -1.45. The molecule has 1 aliphatic rings. The maximum Gasteiger partial charge on any atom is 0.335 e. The molecule has 0 bridgehead atoms. The molecule has 0 aliphatic heterocycles. The van der Waals surface area contributed by atoms with Gasteiger partial charge in [0.2, 0.25) is 0 Å². The molecule has 6 heteroatoms. The summed E-state index contributed by atoms with van der Waals surface area (Å²) in [5.41, 5.74) is 2.35. The molecular formula is C27H23N3O3. The highest BCUT2D eigenvalue weighted by atomic mass is 16.4.